The first-order chi connectivity index (χ1) is 9.45. The van der Waals surface area contributed by atoms with Gasteiger partial charge in [-0.3, -0.25) is 4.57 Å². The maximum atomic E-state index is 10.1. The summed E-state index contributed by atoms with van der Waals surface area (Å²) >= 11 is 3.48. The minimum Gasteiger partial charge on any atom is -0.386 e. The van der Waals surface area contributed by atoms with E-state index in [-0.39, 0.29) is 0 Å². The monoisotopic (exact) mass is 330 g/mol. The highest BCUT2D eigenvalue weighted by molar-refractivity contribution is 9.10. The van der Waals surface area contributed by atoms with Crippen LogP contribution in [0.4, 0.5) is 0 Å². The van der Waals surface area contributed by atoms with Crippen molar-refractivity contribution < 1.29 is 5.11 Å². The largest absolute Gasteiger partial charge is 0.386 e. The van der Waals surface area contributed by atoms with Crippen molar-refractivity contribution in [2.24, 2.45) is 0 Å². The maximum Gasteiger partial charge on any atom is 0.100 e. The molecule has 1 aromatic heterocycles. The standard InChI is InChI=1S/C16H15BrN2O/c1-16(2,20)11-6-7-15-14(8-11)18-10-19(15)13-5-3-4-12(17)9-13/h3-10,20H,1-2H3. The minimum absolute atomic E-state index is 0.853. The third-order valence-electron chi connectivity index (χ3n) is 3.34. The molecule has 0 aliphatic carbocycles. The summed E-state index contributed by atoms with van der Waals surface area (Å²) in [6.45, 7) is 3.55. The first kappa shape index (κ1) is 13.3. The van der Waals surface area contributed by atoms with Gasteiger partial charge in [-0.15, -0.1) is 0 Å². The molecule has 0 saturated heterocycles. The second-order valence-electron chi connectivity index (χ2n) is 5.36. The number of hydrogen-bond donors (Lipinski definition) is 1. The van der Waals surface area contributed by atoms with Crippen LogP contribution in [-0.4, -0.2) is 14.7 Å². The Balaban J connectivity index is 2.15. The van der Waals surface area contributed by atoms with E-state index in [0.29, 0.717) is 0 Å². The van der Waals surface area contributed by atoms with Crippen LogP contribution < -0.4 is 0 Å². The summed E-state index contributed by atoms with van der Waals surface area (Å²) in [6.07, 6.45) is 1.81. The number of aromatic nitrogens is 2. The van der Waals surface area contributed by atoms with Gasteiger partial charge in [0.15, 0.2) is 0 Å². The van der Waals surface area contributed by atoms with Crippen LogP contribution in [0.3, 0.4) is 0 Å². The lowest BCUT2D eigenvalue weighted by Gasteiger charge is -2.17. The van der Waals surface area contributed by atoms with Crippen LogP contribution in [0, 0.1) is 0 Å². The van der Waals surface area contributed by atoms with Crippen molar-refractivity contribution in [3.8, 4) is 5.69 Å². The van der Waals surface area contributed by atoms with E-state index in [4.69, 9.17) is 0 Å². The van der Waals surface area contributed by atoms with E-state index in [9.17, 15) is 5.11 Å². The number of aliphatic hydroxyl groups is 1. The Kier molecular flexibility index (Phi) is 3.15. The summed E-state index contributed by atoms with van der Waals surface area (Å²) in [6, 6.07) is 13.9. The molecule has 3 aromatic rings. The predicted molar refractivity (Wildman–Crippen MR) is 84.0 cm³/mol. The van der Waals surface area contributed by atoms with Gasteiger partial charge >= 0.3 is 0 Å². The smallest absolute Gasteiger partial charge is 0.100 e. The summed E-state index contributed by atoms with van der Waals surface area (Å²) in [5, 5.41) is 10.1. The molecular formula is C16H15BrN2O. The van der Waals surface area contributed by atoms with Crippen LogP contribution in [0.25, 0.3) is 16.7 Å². The number of nitrogens with zero attached hydrogens (tertiary/aromatic N) is 2. The van der Waals surface area contributed by atoms with Crippen molar-refractivity contribution in [2.45, 2.75) is 19.4 Å². The Morgan fingerprint density at radius 3 is 2.65 bits per heavy atom. The normalized spacial score (nSPS) is 12.0. The number of rotatable bonds is 2. The third kappa shape index (κ3) is 2.37. The third-order valence-corrected chi connectivity index (χ3v) is 3.83. The molecule has 3 rings (SSSR count). The molecular weight excluding hydrogens is 316 g/mol. The highest BCUT2D eigenvalue weighted by Crippen LogP contribution is 2.26. The molecule has 0 bridgehead atoms. The molecule has 1 N–H and O–H groups in total. The molecule has 0 spiro atoms. The zero-order valence-corrected chi connectivity index (χ0v) is 12.9. The number of imidazole rings is 1. The number of hydrogen-bond acceptors (Lipinski definition) is 2. The van der Waals surface area contributed by atoms with Gasteiger partial charge in [-0.2, -0.15) is 0 Å². The van der Waals surface area contributed by atoms with Gasteiger partial charge in [0.25, 0.3) is 0 Å². The van der Waals surface area contributed by atoms with E-state index in [2.05, 4.69) is 20.9 Å². The van der Waals surface area contributed by atoms with Crippen LogP contribution in [-0.2, 0) is 5.60 Å². The molecule has 0 amide bonds. The van der Waals surface area contributed by atoms with Crippen molar-refractivity contribution in [1.82, 2.24) is 9.55 Å². The quantitative estimate of drug-likeness (QED) is 0.770. The van der Waals surface area contributed by atoms with Crippen molar-refractivity contribution in [2.75, 3.05) is 0 Å². The molecule has 0 radical (unpaired) electrons. The summed E-state index contributed by atoms with van der Waals surface area (Å²) in [4.78, 5) is 4.44. The van der Waals surface area contributed by atoms with Crippen LogP contribution in [0.15, 0.2) is 53.3 Å². The Morgan fingerprint density at radius 2 is 1.95 bits per heavy atom. The fourth-order valence-electron chi connectivity index (χ4n) is 2.22. The van der Waals surface area contributed by atoms with Crippen LogP contribution >= 0.6 is 15.9 Å². The molecule has 20 heavy (non-hydrogen) atoms. The van der Waals surface area contributed by atoms with Gasteiger partial charge in [-0.25, -0.2) is 4.98 Å². The van der Waals surface area contributed by atoms with Crippen LogP contribution in [0.1, 0.15) is 19.4 Å². The fourth-order valence-corrected chi connectivity index (χ4v) is 2.61. The van der Waals surface area contributed by atoms with Crippen molar-refractivity contribution in [3.63, 3.8) is 0 Å². The van der Waals surface area contributed by atoms with Gasteiger partial charge in [0, 0.05) is 10.2 Å². The molecule has 0 fully saturated rings. The summed E-state index contributed by atoms with van der Waals surface area (Å²) in [5.41, 5.74) is 2.97. The minimum atomic E-state index is -0.853. The van der Waals surface area contributed by atoms with E-state index >= 15 is 0 Å². The highest BCUT2D eigenvalue weighted by atomic mass is 79.9. The fraction of sp³-hybridized carbons (Fsp3) is 0.188. The SMILES string of the molecule is CC(C)(O)c1ccc2c(c1)ncn2-c1cccc(Br)c1. The maximum absolute atomic E-state index is 10.1. The first-order valence-corrected chi connectivity index (χ1v) is 7.20. The Hall–Kier alpha value is -1.65. The lowest BCUT2D eigenvalue weighted by Crippen LogP contribution is -2.15. The van der Waals surface area contributed by atoms with E-state index in [1.165, 1.54) is 0 Å². The van der Waals surface area contributed by atoms with Crippen LogP contribution in [0.2, 0.25) is 0 Å². The van der Waals surface area contributed by atoms with Gasteiger partial charge in [-0.05, 0) is 49.7 Å². The molecule has 0 atom stereocenters. The molecule has 2 aromatic carbocycles. The predicted octanol–water partition coefficient (Wildman–Crippen LogP) is 4.02. The Bertz CT molecular complexity index is 771. The Morgan fingerprint density at radius 1 is 1.15 bits per heavy atom. The van der Waals surface area contributed by atoms with Crippen molar-refractivity contribution in [3.05, 3.63) is 58.8 Å². The molecule has 4 heteroatoms. The average molecular weight is 331 g/mol. The van der Waals surface area contributed by atoms with Crippen LogP contribution in [0.5, 0.6) is 0 Å². The van der Waals surface area contributed by atoms with Crippen molar-refractivity contribution in [1.29, 1.82) is 0 Å². The van der Waals surface area contributed by atoms with Gasteiger partial charge in [-0.1, -0.05) is 28.1 Å². The second kappa shape index (κ2) is 4.72. The lowest BCUT2D eigenvalue weighted by molar-refractivity contribution is 0.0787. The van der Waals surface area contributed by atoms with E-state index in [1.807, 2.05) is 47.0 Å². The molecule has 102 valence electrons. The second-order valence-corrected chi connectivity index (χ2v) is 6.27. The average Bonchev–Trinajstić information content (AvgIpc) is 2.80. The zero-order valence-electron chi connectivity index (χ0n) is 11.3. The molecule has 1 heterocycles. The topological polar surface area (TPSA) is 38.1 Å². The molecule has 0 saturated carbocycles. The summed E-state index contributed by atoms with van der Waals surface area (Å²) in [7, 11) is 0. The molecule has 0 aliphatic rings. The Labute approximate surface area is 126 Å². The summed E-state index contributed by atoms with van der Waals surface area (Å²) < 4.78 is 3.07. The van der Waals surface area contributed by atoms with E-state index < -0.39 is 5.60 Å². The molecule has 0 unspecified atom stereocenters. The van der Waals surface area contributed by atoms with Gasteiger partial charge in [0.1, 0.15) is 6.33 Å². The van der Waals surface area contributed by atoms with Gasteiger partial charge in [0.05, 0.1) is 16.6 Å². The number of halogens is 1. The molecule has 0 aliphatic heterocycles. The highest BCUT2D eigenvalue weighted by Gasteiger charge is 2.17. The number of fused-ring (bicyclic) bond motifs is 1. The van der Waals surface area contributed by atoms with Gasteiger partial charge < -0.3 is 5.11 Å². The van der Waals surface area contributed by atoms with E-state index in [1.54, 1.807) is 20.2 Å². The number of benzene rings is 2. The first-order valence-electron chi connectivity index (χ1n) is 6.41. The summed E-state index contributed by atoms with van der Waals surface area (Å²) in [5.74, 6) is 0. The van der Waals surface area contributed by atoms with Gasteiger partial charge in [0.2, 0.25) is 0 Å². The van der Waals surface area contributed by atoms with E-state index in [0.717, 1.165) is 26.8 Å². The lowest BCUT2D eigenvalue weighted by atomic mass is 9.98. The molecule has 3 nitrogen and oxygen atoms in total. The van der Waals surface area contributed by atoms with Crippen molar-refractivity contribution >= 4 is 27.0 Å². The zero-order chi connectivity index (χ0) is 14.3.